The van der Waals surface area contributed by atoms with Crippen LogP contribution in [0.2, 0.25) is 0 Å². The van der Waals surface area contributed by atoms with Gasteiger partial charge in [-0.15, -0.1) is 0 Å². The van der Waals surface area contributed by atoms with E-state index < -0.39 is 12.1 Å². The number of hydrogen-bond acceptors (Lipinski definition) is 7. The first-order chi connectivity index (χ1) is 18.4. The number of methoxy groups -OCH3 is 1. The normalized spacial score (nSPS) is 21.7. The summed E-state index contributed by atoms with van der Waals surface area (Å²) in [5, 5.41) is 5.79. The lowest BCUT2D eigenvalue weighted by molar-refractivity contribution is -0.137. The van der Waals surface area contributed by atoms with Gasteiger partial charge in [-0.1, -0.05) is 12.1 Å². The SMILES string of the molecule is COc1ccc2cc1OCC(=O)NCc1ccc(cc1)O[C@H]1CN(C(=O)CN3CCCC3=O)C[C@@H]1NC2=O. The number of amides is 4. The van der Waals surface area contributed by atoms with Crippen LogP contribution in [-0.4, -0.2) is 85.5 Å². The molecule has 0 unspecified atom stereocenters. The second kappa shape index (κ2) is 11.0. The topological polar surface area (TPSA) is 127 Å². The lowest BCUT2D eigenvalue weighted by Crippen LogP contribution is -2.45. The number of likely N-dealkylation sites (tertiary alicyclic amines) is 2. The van der Waals surface area contributed by atoms with Crippen LogP contribution in [0, 0.1) is 0 Å². The fourth-order valence-corrected chi connectivity index (χ4v) is 4.81. The Hall–Kier alpha value is -4.28. The summed E-state index contributed by atoms with van der Waals surface area (Å²) in [5.74, 6) is 0.322. The minimum absolute atomic E-state index is 0.0165. The van der Waals surface area contributed by atoms with Crippen LogP contribution in [0.1, 0.15) is 28.8 Å². The van der Waals surface area contributed by atoms with E-state index in [0.29, 0.717) is 36.6 Å². The Morgan fingerprint density at radius 2 is 1.92 bits per heavy atom. The van der Waals surface area contributed by atoms with E-state index in [0.717, 1.165) is 12.0 Å². The van der Waals surface area contributed by atoms with E-state index in [1.807, 2.05) is 12.1 Å². The Labute approximate surface area is 220 Å². The summed E-state index contributed by atoms with van der Waals surface area (Å²) < 4.78 is 17.2. The average Bonchev–Trinajstić information content (AvgIpc) is 3.51. The van der Waals surface area contributed by atoms with Gasteiger partial charge in [0.2, 0.25) is 11.8 Å². The van der Waals surface area contributed by atoms with Gasteiger partial charge in [-0.25, -0.2) is 0 Å². The predicted molar refractivity (Wildman–Crippen MR) is 135 cm³/mol. The minimum atomic E-state index is -0.507. The standard InChI is InChI=1S/C27H30N4O7/c1-36-21-9-6-18-11-22(21)37-16-24(32)28-12-17-4-7-19(8-5-17)38-23-14-31(13-20(23)29-27(18)35)26(34)15-30-10-2-3-25(30)33/h4-9,11,20,23H,2-3,10,12-16H2,1H3,(H,28,32)(H,29,35)/t20-,23-/m0/s1. The third kappa shape index (κ3) is 5.66. The molecule has 4 bridgehead atoms. The second-order valence-corrected chi connectivity index (χ2v) is 9.53. The number of nitrogens with one attached hydrogen (secondary N) is 2. The van der Waals surface area contributed by atoms with Crippen molar-refractivity contribution in [1.29, 1.82) is 0 Å². The van der Waals surface area contributed by atoms with Crippen molar-refractivity contribution in [3.05, 3.63) is 53.6 Å². The fraction of sp³-hybridized carbons (Fsp3) is 0.407. The van der Waals surface area contributed by atoms with Crippen LogP contribution < -0.4 is 24.8 Å². The van der Waals surface area contributed by atoms with Crippen LogP contribution >= 0.6 is 0 Å². The highest BCUT2D eigenvalue weighted by Gasteiger charge is 2.39. The molecule has 4 amide bonds. The first-order valence-corrected chi connectivity index (χ1v) is 12.6. The number of carbonyl (C=O) groups is 4. The zero-order valence-corrected chi connectivity index (χ0v) is 21.1. The summed E-state index contributed by atoms with van der Waals surface area (Å²) in [6.07, 6.45) is 0.710. The lowest BCUT2D eigenvalue weighted by atomic mass is 10.1. The molecule has 6 rings (SSSR count). The van der Waals surface area contributed by atoms with Crippen molar-refractivity contribution in [3.63, 3.8) is 0 Å². The minimum Gasteiger partial charge on any atom is -0.493 e. The van der Waals surface area contributed by atoms with Gasteiger partial charge in [-0.3, -0.25) is 19.2 Å². The zero-order valence-electron chi connectivity index (χ0n) is 21.1. The van der Waals surface area contributed by atoms with Gasteiger partial charge >= 0.3 is 0 Å². The summed E-state index contributed by atoms with van der Waals surface area (Å²) in [6.45, 7) is 1.17. The molecule has 0 saturated carbocycles. The van der Waals surface area contributed by atoms with E-state index in [9.17, 15) is 19.2 Å². The molecular weight excluding hydrogens is 492 g/mol. The van der Waals surface area contributed by atoms with Crippen LogP contribution in [0.25, 0.3) is 0 Å². The maximum atomic E-state index is 13.3. The van der Waals surface area contributed by atoms with E-state index in [2.05, 4.69) is 10.6 Å². The lowest BCUT2D eigenvalue weighted by Gasteiger charge is -2.21. The number of nitrogens with zero attached hydrogens (tertiary/aromatic N) is 2. The molecule has 4 aliphatic heterocycles. The molecule has 2 fully saturated rings. The smallest absolute Gasteiger partial charge is 0.258 e. The Bertz CT molecular complexity index is 1230. The summed E-state index contributed by atoms with van der Waals surface area (Å²) in [5.41, 5.74) is 1.18. The van der Waals surface area contributed by atoms with Gasteiger partial charge in [0.25, 0.3) is 11.8 Å². The number of ether oxygens (including phenoxy) is 3. The van der Waals surface area contributed by atoms with E-state index >= 15 is 0 Å². The summed E-state index contributed by atoms with van der Waals surface area (Å²) in [7, 11) is 1.47. The molecule has 4 aliphatic rings. The summed E-state index contributed by atoms with van der Waals surface area (Å²) in [4.78, 5) is 53.8. The van der Waals surface area contributed by atoms with E-state index in [1.165, 1.54) is 13.2 Å². The monoisotopic (exact) mass is 522 g/mol. The van der Waals surface area contributed by atoms with E-state index in [-0.39, 0.29) is 55.6 Å². The van der Waals surface area contributed by atoms with Crippen molar-refractivity contribution >= 4 is 23.6 Å². The third-order valence-electron chi connectivity index (χ3n) is 6.92. The molecule has 0 radical (unpaired) electrons. The van der Waals surface area contributed by atoms with Crippen molar-refractivity contribution in [3.8, 4) is 17.2 Å². The first kappa shape index (κ1) is 25.4. The Morgan fingerprint density at radius 3 is 2.66 bits per heavy atom. The van der Waals surface area contributed by atoms with Crippen molar-refractivity contribution in [2.75, 3.05) is 39.9 Å². The summed E-state index contributed by atoms with van der Waals surface area (Å²) in [6, 6.07) is 11.5. The van der Waals surface area contributed by atoms with Gasteiger partial charge in [0.1, 0.15) is 11.9 Å². The summed E-state index contributed by atoms with van der Waals surface area (Å²) >= 11 is 0. The Kier molecular flexibility index (Phi) is 7.34. The van der Waals surface area contributed by atoms with Crippen LogP contribution in [0.4, 0.5) is 0 Å². The molecule has 2 aromatic rings. The Morgan fingerprint density at radius 1 is 1.11 bits per heavy atom. The van der Waals surface area contributed by atoms with Gasteiger partial charge in [0.05, 0.1) is 26.2 Å². The molecule has 0 aromatic heterocycles. The molecule has 11 heteroatoms. The quantitative estimate of drug-likeness (QED) is 0.608. The number of fused-ring (bicyclic) bond motifs is 7. The molecular formula is C27H30N4O7. The first-order valence-electron chi connectivity index (χ1n) is 12.6. The molecule has 0 aliphatic carbocycles. The maximum Gasteiger partial charge on any atom is 0.258 e. The zero-order chi connectivity index (χ0) is 26.6. The molecule has 4 heterocycles. The van der Waals surface area contributed by atoms with Gasteiger partial charge in [0.15, 0.2) is 18.1 Å². The van der Waals surface area contributed by atoms with E-state index in [1.54, 1.807) is 34.1 Å². The number of rotatable bonds is 3. The number of carbonyl (C=O) groups excluding carboxylic acids is 4. The maximum absolute atomic E-state index is 13.3. The highest BCUT2D eigenvalue weighted by molar-refractivity contribution is 5.95. The highest BCUT2D eigenvalue weighted by Crippen LogP contribution is 2.29. The van der Waals surface area contributed by atoms with E-state index in [4.69, 9.17) is 14.2 Å². The number of hydrogen-bond donors (Lipinski definition) is 2. The molecule has 2 saturated heterocycles. The van der Waals surface area contributed by atoms with Crippen molar-refractivity contribution < 1.29 is 33.4 Å². The van der Waals surface area contributed by atoms with Gasteiger partial charge in [-0.2, -0.15) is 0 Å². The van der Waals surface area contributed by atoms with Crippen LogP contribution in [0.3, 0.4) is 0 Å². The van der Waals surface area contributed by atoms with Gasteiger partial charge in [-0.05, 0) is 42.3 Å². The largest absolute Gasteiger partial charge is 0.493 e. The highest BCUT2D eigenvalue weighted by atomic mass is 16.5. The number of benzene rings is 2. The fourth-order valence-electron chi connectivity index (χ4n) is 4.81. The third-order valence-corrected chi connectivity index (χ3v) is 6.92. The van der Waals surface area contributed by atoms with Crippen molar-refractivity contribution in [1.82, 2.24) is 20.4 Å². The van der Waals surface area contributed by atoms with Crippen LogP contribution in [0.5, 0.6) is 17.2 Å². The molecule has 2 N–H and O–H groups in total. The molecule has 200 valence electrons. The van der Waals surface area contributed by atoms with Crippen molar-refractivity contribution in [2.45, 2.75) is 31.5 Å². The molecule has 2 aromatic carbocycles. The second-order valence-electron chi connectivity index (χ2n) is 9.53. The molecule has 2 atom stereocenters. The van der Waals surface area contributed by atoms with Crippen molar-refractivity contribution in [2.24, 2.45) is 0 Å². The van der Waals surface area contributed by atoms with Gasteiger partial charge in [0, 0.05) is 31.6 Å². The Balaban J connectivity index is 1.40. The van der Waals surface area contributed by atoms with Crippen LogP contribution in [-0.2, 0) is 20.9 Å². The molecule has 11 nitrogen and oxygen atoms in total. The molecule has 0 spiro atoms. The molecule has 38 heavy (non-hydrogen) atoms. The van der Waals surface area contributed by atoms with Crippen LogP contribution in [0.15, 0.2) is 42.5 Å². The average molecular weight is 523 g/mol. The van der Waals surface area contributed by atoms with Gasteiger partial charge < -0.3 is 34.6 Å². The predicted octanol–water partition coefficient (Wildman–Crippen LogP) is 0.714.